The van der Waals surface area contributed by atoms with E-state index in [1.807, 2.05) is 30.3 Å². The van der Waals surface area contributed by atoms with Crippen molar-refractivity contribution in [3.63, 3.8) is 0 Å². The Labute approximate surface area is 180 Å². The van der Waals surface area contributed by atoms with E-state index in [-0.39, 0.29) is 31.1 Å². The second-order valence-electron chi connectivity index (χ2n) is 6.65. The van der Waals surface area contributed by atoms with Crippen LogP contribution in [0.3, 0.4) is 0 Å². The summed E-state index contributed by atoms with van der Waals surface area (Å²) in [6.07, 6.45) is 3.61. The molecule has 0 aliphatic heterocycles. The molecule has 156 valence electrons. The summed E-state index contributed by atoms with van der Waals surface area (Å²) in [5.74, 6) is 0.849. The Morgan fingerprint density at radius 3 is 2.29 bits per heavy atom. The van der Waals surface area contributed by atoms with Crippen molar-refractivity contribution in [2.75, 3.05) is 16.8 Å². The molecule has 2 amide bonds. The molecule has 0 fully saturated rings. The van der Waals surface area contributed by atoms with E-state index >= 15 is 0 Å². The lowest BCUT2D eigenvalue weighted by Crippen LogP contribution is -2.32. The van der Waals surface area contributed by atoms with E-state index in [0.29, 0.717) is 29.4 Å². The first-order valence-electron chi connectivity index (χ1n) is 9.86. The van der Waals surface area contributed by atoms with Crippen molar-refractivity contribution in [2.45, 2.75) is 19.3 Å². The van der Waals surface area contributed by atoms with E-state index in [9.17, 15) is 9.59 Å². The van der Waals surface area contributed by atoms with Gasteiger partial charge in [0.1, 0.15) is 11.5 Å². The van der Waals surface area contributed by atoms with Crippen LogP contribution in [0.1, 0.15) is 19.3 Å². The molecular formula is C24H22N4O3. The number of hydrogen-bond acceptors (Lipinski definition) is 5. The van der Waals surface area contributed by atoms with E-state index < -0.39 is 0 Å². The average Bonchev–Trinajstić information content (AvgIpc) is 2.81. The molecule has 1 N–H and O–H groups in total. The second-order valence-corrected chi connectivity index (χ2v) is 6.65. The molecule has 0 bridgehead atoms. The summed E-state index contributed by atoms with van der Waals surface area (Å²) in [5, 5.41) is 11.6. The Morgan fingerprint density at radius 2 is 1.61 bits per heavy atom. The molecule has 0 spiro atoms. The maximum Gasteiger partial charge on any atom is 0.227 e. The third kappa shape index (κ3) is 6.68. The van der Waals surface area contributed by atoms with Gasteiger partial charge in [0.15, 0.2) is 0 Å². The van der Waals surface area contributed by atoms with E-state index in [1.165, 1.54) is 0 Å². The first kappa shape index (κ1) is 21.5. The number of carbonyl (C=O) groups excluding carboxylic acids is 2. The summed E-state index contributed by atoms with van der Waals surface area (Å²) in [7, 11) is 0. The Hall–Kier alpha value is -4.18. The van der Waals surface area contributed by atoms with Gasteiger partial charge in [-0.2, -0.15) is 5.26 Å². The molecule has 0 saturated heterocycles. The van der Waals surface area contributed by atoms with Crippen molar-refractivity contribution < 1.29 is 14.3 Å². The standard InChI is InChI=1S/C24H22N4O3/c25-15-4-18-28(20-5-2-1-3-6-20)24(30)12-11-23(29)27-19-7-9-21(10-8-19)31-22-13-16-26-17-14-22/h1-3,5-10,13-14,16-17H,4,11-12,18H2,(H,27,29). The molecule has 1 heterocycles. The molecule has 0 aliphatic carbocycles. The number of benzene rings is 2. The topological polar surface area (TPSA) is 95.3 Å². The lowest BCUT2D eigenvalue weighted by molar-refractivity contribution is -0.122. The summed E-state index contributed by atoms with van der Waals surface area (Å²) in [5.41, 5.74) is 1.33. The van der Waals surface area contributed by atoms with E-state index in [4.69, 9.17) is 10.00 Å². The SMILES string of the molecule is N#CCCN(C(=O)CCC(=O)Nc1ccc(Oc2ccncc2)cc1)c1ccccc1. The summed E-state index contributed by atoms with van der Waals surface area (Å²) < 4.78 is 5.69. The van der Waals surface area contributed by atoms with Crippen LogP contribution in [-0.2, 0) is 9.59 Å². The van der Waals surface area contributed by atoms with Crippen LogP contribution in [0.25, 0.3) is 0 Å². The van der Waals surface area contributed by atoms with Crippen molar-refractivity contribution in [2.24, 2.45) is 0 Å². The van der Waals surface area contributed by atoms with Crippen LogP contribution in [0.15, 0.2) is 79.1 Å². The lowest BCUT2D eigenvalue weighted by Gasteiger charge is -2.21. The average molecular weight is 414 g/mol. The van der Waals surface area contributed by atoms with Gasteiger partial charge in [-0.3, -0.25) is 14.6 Å². The van der Waals surface area contributed by atoms with Gasteiger partial charge in [-0.1, -0.05) is 18.2 Å². The number of carbonyl (C=O) groups is 2. The Bertz CT molecular complexity index is 1030. The third-order valence-corrected chi connectivity index (χ3v) is 4.41. The summed E-state index contributed by atoms with van der Waals surface area (Å²) >= 11 is 0. The number of hydrogen-bond donors (Lipinski definition) is 1. The molecule has 0 radical (unpaired) electrons. The van der Waals surface area contributed by atoms with E-state index in [1.54, 1.807) is 53.7 Å². The van der Waals surface area contributed by atoms with Crippen LogP contribution in [-0.4, -0.2) is 23.3 Å². The summed E-state index contributed by atoms with van der Waals surface area (Å²) in [4.78, 5) is 30.4. The molecule has 3 rings (SSSR count). The number of nitriles is 1. The van der Waals surface area contributed by atoms with Crippen molar-refractivity contribution >= 4 is 23.2 Å². The smallest absolute Gasteiger partial charge is 0.227 e. The van der Waals surface area contributed by atoms with Crippen molar-refractivity contribution in [3.05, 3.63) is 79.1 Å². The van der Waals surface area contributed by atoms with Gasteiger partial charge >= 0.3 is 0 Å². The maximum atomic E-state index is 12.6. The fourth-order valence-electron chi connectivity index (χ4n) is 2.90. The van der Waals surface area contributed by atoms with Gasteiger partial charge in [0, 0.05) is 43.2 Å². The fraction of sp³-hybridized carbons (Fsp3) is 0.167. The number of nitrogens with zero attached hydrogens (tertiary/aromatic N) is 3. The molecule has 1 aromatic heterocycles. The number of amides is 2. The van der Waals surface area contributed by atoms with E-state index in [2.05, 4.69) is 16.4 Å². The minimum atomic E-state index is -0.260. The number of aromatic nitrogens is 1. The predicted molar refractivity (Wildman–Crippen MR) is 118 cm³/mol. The minimum Gasteiger partial charge on any atom is -0.457 e. The third-order valence-electron chi connectivity index (χ3n) is 4.41. The predicted octanol–water partition coefficient (Wildman–Crippen LogP) is 4.54. The zero-order valence-corrected chi connectivity index (χ0v) is 16.9. The maximum absolute atomic E-state index is 12.6. The first-order valence-corrected chi connectivity index (χ1v) is 9.86. The number of anilines is 2. The van der Waals surface area contributed by atoms with Gasteiger partial charge < -0.3 is 15.0 Å². The van der Waals surface area contributed by atoms with Crippen LogP contribution in [0, 0.1) is 11.3 Å². The largest absolute Gasteiger partial charge is 0.457 e. The molecule has 3 aromatic rings. The van der Waals surface area contributed by atoms with Crippen LogP contribution < -0.4 is 15.0 Å². The molecule has 7 nitrogen and oxygen atoms in total. The Kier molecular flexibility index (Phi) is 7.72. The van der Waals surface area contributed by atoms with Crippen molar-refractivity contribution in [1.82, 2.24) is 4.98 Å². The molecule has 2 aromatic carbocycles. The number of rotatable bonds is 9. The minimum absolute atomic E-state index is 0.0456. The monoisotopic (exact) mass is 414 g/mol. The second kappa shape index (κ2) is 11.1. The van der Waals surface area contributed by atoms with E-state index in [0.717, 1.165) is 0 Å². The molecule has 0 atom stereocenters. The highest BCUT2D eigenvalue weighted by Crippen LogP contribution is 2.22. The molecule has 31 heavy (non-hydrogen) atoms. The molecular weight excluding hydrogens is 392 g/mol. The van der Waals surface area contributed by atoms with Crippen LogP contribution >= 0.6 is 0 Å². The molecule has 7 heteroatoms. The van der Waals surface area contributed by atoms with Crippen molar-refractivity contribution in [1.29, 1.82) is 5.26 Å². The Morgan fingerprint density at radius 1 is 0.935 bits per heavy atom. The highest BCUT2D eigenvalue weighted by molar-refractivity contribution is 5.98. The fourth-order valence-corrected chi connectivity index (χ4v) is 2.90. The van der Waals surface area contributed by atoms with Gasteiger partial charge in [0.05, 0.1) is 12.5 Å². The van der Waals surface area contributed by atoms with Gasteiger partial charge in [-0.05, 0) is 48.5 Å². The van der Waals surface area contributed by atoms with Gasteiger partial charge in [-0.15, -0.1) is 0 Å². The van der Waals surface area contributed by atoms with Gasteiger partial charge in [-0.25, -0.2) is 0 Å². The van der Waals surface area contributed by atoms with Gasteiger partial charge in [0.25, 0.3) is 0 Å². The van der Waals surface area contributed by atoms with Crippen LogP contribution in [0.5, 0.6) is 11.5 Å². The van der Waals surface area contributed by atoms with Gasteiger partial charge in [0.2, 0.25) is 11.8 Å². The highest BCUT2D eigenvalue weighted by Gasteiger charge is 2.16. The normalized spacial score (nSPS) is 10.0. The molecule has 0 saturated carbocycles. The zero-order valence-electron chi connectivity index (χ0n) is 16.9. The summed E-state index contributed by atoms with van der Waals surface area (Å²) in [6, 6.07) is 21.7. The number of nitrogens with one attached hydrogen (secondary N) is 1. The lowest BCUT2D eigenvalue weighted by atomic mass is 10.2. The van der Waals surface area contributed by atoms with Crippen molar-refractivity contribution in [3.8, 4) is 17.6 Å². The Balaban J connectivity index is 1.51. The highest BCUT2D eigenvalue weighted by atomic mass is 16.5. The molecule has 0 unspecified atom stereocenters. The number of pyridine rings is 1. The molecule has 0 aliphatic rings. The summed E-state index contributed by atoms with van der Waals surface area (Å²) in [6.45, 7) is 0.292. The number of ether oxygens (including phenoxy) is 1. The first-order chi connectivity index (χ1) is 15.2. The quantitative estimate of drug-likeness (QED) is 0.555. The van der Waals surface area contributed by atoms with Crippen LogP contribution in [0.2, 0.25) is 0 Å². The zero-order chi connectivity index (χ0) is 21.9. The van der Waals surface area contributed by atoms with Crippen LogP contribution in [0.4, 0.5) is 11.4 Å². The number of para-hydroxylation sites is 1.